The predicted octanol–water partition coefficient (Wildman–Crippen LogP) is 6.87. The van der Waals surface area contributed by atoms with Gasteiger partial charge in [0.2, 0.25) is 0 Å². The van der Waals surface area contributed by atoms with Crippen molar-refractivity contribution in [2.75, 3.05) is 16.6 Å². The summed E-state index contributed by atoms with van der Waals surface area (Å²) < 4.78 is 35.6. The van der Waals surface area contributed by atoms with Gasteiger partial charge in [0.15, 0.2) is 5.78 Å². The molecule has 3 aromatic carbocycles. The minimum Gasteiger partial charge on any atom is -0.378 e. The number of rotatable bonds is 6. The Morgan fingerprint density at radius 2 is 1.76 bits per heavy atom. The molecule has 2 aliphatic heterocycles. The van der Waals surface area contributed by atoms with E-state index in [1.165, 1.54) is 0 Å². The average Bonchev–Trinajstić information content (AvgIpc) is 3.37. The van der Waals surface area contributed by atoms with E-state index in [2.05, 4.69) is 30.8 Å². The third-order valence-corrected chi connectivity index (χ3v) is 8.95. The molecule has 0 amide bonds. The maximum Gasteiger partial charge on any atom is 0.261 e. The van der Waals surface area contributed by atoms with E-state index in [0.717, 1.165) is 34.4 Å². The standard InChI is InChI=1S/C31H36N2O4S/c1-19(2)29(34)21-11-9-20(10-12-21)28-25-15-16-37-30(25)26-18-24(13-14-27(26)32-28)38(35,36)33-23-8-6-7-22(17-23)31(3,4)5/h6-14,17-19,25,28,30,32-33H,15-16H2,1-5H3/t25-,28?,30-/m0/s1. The Morgan fingerprint density at radius 3 is 2.45 bits per heavy atom. The fourth-order valence-electron chi connectivity index (χ4n) is 5.40. The van der Waals surface area contributed by atoms with Crippen LogP contribution in [0.15, 0.2) is 71.6 Å². The SMILES string of the molecule is CC(C)C(=O)c1ccc(C2Nc3ccc(S(=O)(=O)Nc4cccc(C(C)(C)C)c4)cc3[C@H]3OCC[C@@H]23)cc1. The lowest BCUT2D eigenvalue weighted by molar-refractivity contribution is 0.0827. The molecule has 0 bridgehead atoms. The molecule has 3 aromatic rings. The van der Waals surface area contributed by atoms with Gasteiger partial charge in [-0.1, -0.05) is 71.0 Å². The van der Waals surface area contributed by atoms with Crippen LogP contribution in [-0.2, 0) is 20.2 Å². The van der Waals surface area contributed by atoms with E-state index in [1.54, 1.807) is 18.2 Å². The van der Waals surface area contributed by atoms with Gasteiger partial charge in [-0.2, -0.15) is 0 Å². The normalized spacial score (nSPS) is 20.9. The van der Waals surface area contributed by atoms with Crippen molar-refractivity contribution in [3.8, 4) is 0 Å². The van der Waals surface area contributed by atoms with Crippen LogP contribution in [0.5, 0.6) is 0 Å². The first kappa shape index (κ1) is 26.4. The minimum absolute atomic E-state index is 0.0129. The summed E-state index contributed by atoms with van der Waals surface area (Å²) in [6.45, 7) is 10.7. The van der Waals surface area contributed by atoms with Crippen molar-refractivity contribution in [1.29, 1.82) is 0 Å². The molecule has 0 aliphatic carbocycles. The molecule has 0 aromatic heterocycles. The van der Waals surface area contributed by atoms with E-state index in [1.807, 2.05) is 62.4 Å². The Labute approximate surface area is 225 Å². The molecule has 1 fully saturated rings. The van der Waals surface area contributed by atoms with E-state index >= 15 is 0 Å². The number of Topliss-reactive ketones (excluding diaryl/α,β-unsaturated/α-hetero) is 1. The number of sulfonamides is 1. The van der Waals surface area contributed by atoms with Gasteiger partial charge in [0.25, 0.3) is 10.0 Å². The van der Waals surface area contributed by atoms with E-state index in [-0.39, 0.29) is 40.1 Å². The van der Waals surface area contributed by atoms with Crippen LogP contribution in [0.3, 0.4) is 0 Å². The first-order valence-corrected chi connectivity index (χ1v) is 14.7. The summed E-state index contributed by atoms with van der Waals surface area (Å²) in [7, 11) is -3.79. The van der Waals surface area contributed by atoms with Gasteiger partial charge < -0.3 is 10.1 Å². The minimum atomic E-state index is -3.79. The number of hydrogen-bond donors (Lipinski definition) is 2. The van der Waals surface area contributed by atoms with Gasteiger partial charge in [-0.05, 0) is 53.3 Å². The lowest BCUT2D eigenvalue weighted by Gasteiger charge is -2.36. The second-order valence-electron chi connectivity index (χ2n) is 11.7. The number of ketones is 1. The largest absolute Gasteiger partial charge is 0.378 e. The molecule has 200 valence electrons. The lowest BCUT2D eigenvalue weighted by Crippen LogP contribution is -2.29. The second-order valence-corrected chi connectivity index (χ2v) is 13.4. The van der Waals surface area contributed by atoms with Crippen LogP contribution in [0.2, 0.25) is 0 Å². The molecule has 0 spiro atoms. The highest BCUT2D eigenvalue weighted by Gasteiger charge is 2.42. The molecule has 1 unspecified atom stereocenters. The van der Waals surface area contributed by atoms with Crippen LogP contribution in [0, 0.1) is 11.8 Å². The van der Waals surface area contributed by atoms with E-state index in [4.69, 9.17) is 4.74 Å². The summed E-state index contributed by atoms with van der Waals surface area (Å²) in [5, 5.41) is 3.63. The molecule has 3 atom stereocenters. The topological polar surface area (TPSA) is 84.5 Å². The summed E-state index contributed by atoms with van der Waals surface area (Å²) in [6, 6.07) is 20.6. The maximum absolute atomic E-state index is 13.4. The number of benzene rings is 3. The smallest absolute Gasteiger partial charge is 0.261 e. The average molecular weight is 533 g/mol. The molecule has 0 radical (unpaired) electrons. The highest BCUT2D eigenvalue weighted by molar-refractivity contribution is 7.92. The molecule has 0 saturated carbocycles. The van der Waals surface area contributed by atoms with Crippen LogP contribution in [0.1, 0.15) is 80.2 Å². The molecule has 5 rings (SSSR count). The molecule has 2 N–H and O–H groups in total. The summed E-state index contributed by atoms with van der Waals surface area (Å²) in [5.41, 5.74) is 5.05. The zero-order valence-electron chi connectivity index (χ0n) is 22.6. The van der Waals surface area contributed by atoms with Gasteiger partial charge in [-0.25, -0.2) is 8.42 Å². The molecule has 38 heavy (non-hydrogen) atoms. The Kier molecular flexibility index (Phi) is 6.86. The summed E-state index contributed by atoms with van der Waals surface area (Å²) >= 11 is 0. The van der Waals surface area contributed by atoms with Crippen LogP contribution >= 0.6 is 0 Å². The number of anilines is 2. The molecule has 2 heterocycles. The first-order valence-electron chi connectivity index (χ1n) is 13.2. The monoisotopic (exact) mass is 532 g/mol. The van der Waals surface area contributed by atoms with Crippen molar-refractivity contribution in [3.63, 3.8) is 0 Å². The summed E-state index contributed by atoms with van der Waals surface area (Å²) in [5.74, 6) is 0.243. The fourth-order valence-corrected chi connectivity index (χ4v) is 6.48. The lowest BCUT2D eigenvalue weighted by atomic mass is 9.81. The number of fused-ring (bicyclic) bond motifs is 3. The molecule has 7 heteroatoms. The van der Waals surface area contributed by atoms with Crippen molar-refractivity contribution < 1.29 is 17.9 Å². The van der Waals surface area contributed by atoms with Gasteiger partial charge in [0.05, 0.1) is 17.0 Å². The third kappa shape index (κ3) is 5.09. The van der Waals surface area contributed by atoms with Gasteiger partial charge in [0.1, 0.15) is 0 Å². The van der Waals surface area contributed by atoms with E-state index in [9.17, 15) is 13.2 Å². The van der Waals surface area contributed by atoms with Crippen LogP contribution in [0.4, 0.5) is 11.4 Å². The van der Waals surface area contributed by atoms with E-state index in [0.29, 0.717) is 12.3 Å². The van der Waals surface area contributed by atoms with Gasteiger partial charge in [0, 0.05) is 40.9 Å². The van der Waals surface area contributed by atoms with Gasteiger partial charge in [-0.3, -0.25) is 9.52 Å². The molecule has 1 saturated heterocycles. The van der Waals surface area contributed by atoms with E-state index < -0.39 is 10.0 Å². The van der Waals surface area contributed by atoms with Crippen molar-refractivity contribution in [3.05, 3.63) is 89.0 Å². The highest BCUT2D eigenvalue weighted by Crippen LogP contribution is 2.50. The molecular formula is C31H36N2O4S. The molecule has 2 aliphatic rings. The third-order valence-electron chi connectivity index (χ3n) is 7.58. The predicted molar refractivity (Wildman–Crippen MR) is 151 cm³/mol. The van der Waals surface area contributed by atoms with Crippen molar-refractivity contribution in [1.82, 2.24) is 0 Å². The summed E-state index contributed by atoms with van der Waals surface area (Å²) in [4.78, 5) is 12.6. The second kappa shape index (κ2) is 9.86. The number of carbonyl (C=O) groups excluding carboxylic acids is 1. The zero-order valence-corrected chi connectivity index (χ0v) is 23.4. The number of nitrogens with one attached hydrogen (secondary N) is 2. The van der Waals surface area contributed by atoms with Crippen molar-refractivity contribution in [2.45, 2.75) is 63.5 Å². The molecular weight excluding hydrogens is 496 g/mol. The quantitative estimate of drug-likeness (QED) is 0.339. The Balaban J connectivity index is 1.42. The maximum atomic E-state index is 13.4. The van der Waals surface area contributed by atoms with Crippen molar-refractivity contribution in [2.24, 2.45) is 11.8 Å². The fraction of sp³-hybridized carbons (Fsp3) is 0.387. The van der Waals surface area contributed by atoms with Gasteiger partial charge >= 0.3 is 0 Å². The van der Waals surface area contributed by atoms with Crippen molar-refractivity contribution >= 4 is 27.2 Å². The number of carbonyl (C=O) groups is 1. The number of hydrogen-bond acceptors (Lipinski definition) is 5. The Hall–Kier alpha value is -3.16. The summed E-state index contributed by atoms with van der Waals surface area (Å²) in [6.07, 6.45) is 0.663. The van der Waals surface area contributed by atoms with Crippen LogP contribution in [-0.4, -0.2) is 20.8 Å². The van der Waals surface area contributed by atoms with Crippen LogP contribution < -0.4 is 10.0 Å². The molecule has 6 nitrogen and oxygen atoms in total. The Bertz CT molecular complexity index is 1460. The highest BCUT2D eigenvalue weighted by atomic mass is 32.2. The van der Waals surface area contributed by atoms with Crippen LogP contribution in [0.25, 0.3) is 0 Å². The zero-order chi connectivity index (χ0) is 27.2. The van der Waals surface area contributed by atoms with Gasteiger partial charge in [-0.15, -0.1) is 0 Å². The Morgan fingerprint density at radius 1 is 1.03 bits per heavy atom. The first-order chi connectivity index (χ1) is 17.9. The number of ether oxygens (including phenoxy) is 1.